The maximum absolute atomic E-state index is 12.9. The van der Waals surface area contributed by atoms with E-state index in [-0.39, 0.29) is 23.4 Å². The zero-order valence-corrected chi connectivity index (χ0v) is 16.1. The average Bonchev–Trinajstić information content (AvgIpc) is 3.17. The van der Waals surface area contributed by atoms with Crippen molar-refractivity contribution in [3.8, 4) is 0 Å². The Morgan fingerprint density at radius 1 is 1.14 bits per heavy atom. The first kappa shape index (κ1) is 19.0. The minimum Gasteiger partial charge on any atom is -0.351 e. The van der Waals surface area contributed by atoms with Crippen LogP contribution < -0.4 is 15.6 Å². The zero-order valence-electron chi connectivity index (χ0n) is 15.3. The van der Waals surface area contributed by atoms with Gasteiger partial charge in [0.2, 0.25) is 12.1 Å². The molecule has 0 aromatic heterocycles. The minimum absolute atomic E-state index is 0.148. The monoisotopic (exact) mass is 411 g/mol. The SMILES string of the molecule is O=C(CSC1=NNC2C(=O)N(c3ccccc3)C=CN12)NCc1ccc(F)cc1. The van der Waals surface area contributed by atoms with Crippen molar-refractivity contribution in [2.75, 3.05) is 10.7 Å². The molecule has 9 heteroatoms. The molecule has 0 fully saturated rings. The fourth-order valence-corrected chi connectivity index (χ4v) is 3.70. The van der Waals surface area contributed by atoms with Crippen molar-refractivity contribution in [1.82, 2.24) is 15.6 Å². The number of fused-ring (bicyclic) bond motifs is 1. The van der Waals surface area contributed by atoms with Crippen LogP contribution in [0.4, 0.5) is 10.1 Å². The second-order valence-corrected chi connectivity index (χ2v) is 7.31. The van der Waals surface area contributed by atoms with E-state index in [4.69, 9.17) is 0 Å². The predicted octanol–water partition coefficient (Wildman–Crippen LogP) is 2.20. The van der Waals surface area contributed by atoms with E-state index >= 15 is 0 Å². The molecule has 2 amide bonds. The number of nitrogens with zero attached hydrogens (tertiary/aromatic N) is 3. The molecule has 1 atom stereocenters. The molecule has 2 aromatic carbocycles. The Hall–Kier alpha value is -3.33. The summed E-state index contributed by atoms with van der Waals surface area (Å²) in [6.45, 7) is 0.321. The van der Waals surface area contributed by atoms with Gasteiger partial charge in [-0.15, -0.1) is 0 Å². The normalized spacial score (nSPS) is 17.6. The van der Waals surface area contributed by atoms with E-state index in [0.29, 0.717) is 11.7 Å². The van der Waals surface area contributed by atoms with Crippen molar-refractivity contribution in [3.05, 3.63) is 78.4 Å². The summed E-state index contributed by atoms with van der Waals surface area (Å²) in [7, 11) is 0. The third-order valence-electron chi connectivity index (χ3n) is 4.40. The van der Waals surface area contributed by atoms with Gasteiger partial charge in [0, 0.05) is 24.6 Å². The summed E-state index contributed by atoms with van der Waals surface area (Å²) in [6, 6.07) is 15.3. The molecular formula is C20H18FN5O2S. The number of nitrogens with one attached hydrogen (secondary N) is 2. The second kappa shape index (κ2) is 8.36. The van der Waals surface area contributed by atoms with E-state index in [1.54, 1.807) is 34.3 Å². The largest absolute Gasteiger partial charge is 0.351 e. The Labute approximate surface area is 171 Å². The highest BCUT2D eigenvalue weighted by Crippen LogP contribution is 2.25. The molecular weight excluding hydrogens is 393 g/mol. The number of hydrogen-bond donors (Lipinski definition) is 2. The van der Waals surface area contributed by atoms with Gasteiger partial charge in [0.05, 0.1) is 5.75 Å². The van der Waals surface area contributed by atoms with E-state index in [1.807, 2.05) is 30.3 Å². The predicted molar refractivity (Wildman–Crippen MR) is 110 cm³/mol. The fraction of sp³-hybridized carbons (Fsp3) is 0.150. The van der Waals surface area contributed by atoms with Gasteiger partial charge >= 0.3 is 0 Å². The van der Waals surface area contributed by atoms with Gasteiger partial charge in [0.15, 0.2) is 5.17 Å². The number of hydrazone groups is 1. The molecule has 2 heterocycles. The van der Waals surface area contributed by atoms with Crippen molar-refractivity contribution in [2.24, 2.45) is 5.10 Å². The lowest BCUT2D eigenvalue weighted by Crippen LogP contribution is -2.52. The smallest absolute Gasteiger partial charge is 0.276 e. The molecule has 0 saturated heterocycles. The van der Waals surface area contributed by atoms with Crippen LogP contribution in [-0.2, 0) is 16.1 Å². The Morgan fingerprint density at radius 3 is 2.66 bits per heavy atom. The molecule has 148 valence electrons. The number of hydrogen-bond acceptors (Lipinski definition) is 6. The number of carbonyl (C=O) groups is 2. The number of rotatable bonds is 5. The van der Waals surface area contributed by atoms with Crippen molar-refractivity contribution in [1.29, 1.82) is 0 Å². The molecule has 2 aliphatic rings. The van der Waals surface area contributed by atoms with Gasteiger partial charge in [-0.05, 0) is 29.8 Å². The first-order chi connectivity index (χ1) is 14.1. The van der Waals surface area contributed by atoms with Crippen LogP contribution in [0.15, 0.2) is 72.1 Å². The second-order valence-electron chi connectivity index (χ2n) is 6.37. The molecule has 1 unspecified atom stereocenters. The lowest BCUT2D eigenvalue weighted by molar-refractivity contribution is -0.122. The van der Waals surface area contributed by atoms with Crippen LogP contribution in [0.3, 0.4) is 0 Å². The highest BCUT2D eigenvalue weighted by atomic mass is 32.2. The molecule has 0 saturated carbocycles. The third-order valence-corrected chi connectivity index (χ3v) is 5.37. The highest BCUT2D eigenvalue weighted by Gasteiger charge is 2.38. The zero-order chi connectivity index (χ0) is 20.2. The summed E-state index contributed by atoms with van der Waals surface area (Å²) < 4.78 is 12.9. The average molecular weight is 411 g/mol. The number of amidine groups is 1. The Morgan fingerprint density at radius 2 is 1.90 bits per heavy atom. The van der Waals surface area contributed by atoms with Crippen LogP contribution in [0.1, 0.15) is 5.56 Å². The van der Waals surface area contributed by atoms with Gasteiger partial charge in [-0.3, -0.25) is 24.8 Å². The van der Waals surface area contributed by atoms with Crippen LogP contribution >= 0.6 is 11.8 Å². The van der Waals surface area contributed by atoms with E-state index in [2.05, 4.69) is 15.8 Å². The van der Waals surface area contributed by atoms with Crippen LogP contribution in [0.5, 0.6) is 0 Å². The van der Waals surface area contributed by atoms with Gasteiger partial charge in [0.25, 0.3) is 5.91 Å². The Balaban J connectivity index is 1.31. The number of benzene rings is 2. The van der Waals surface area contributed by atoms with E-state index in [1.165, 1.54) is 23.9 Å². The number of amides is 2. The summed E-state index contributed by atoms with van der Waals surface area (Å²) in [5.74, 6) is -0.496. The van der Waals surface area contributed by atoms with Crippen molar-refractivity contribution in [3.63, 3.8) is 0 Å². The standard InChI is InChI=1S/C20H18FN5O2S/c21-15-8-6-14(7-9-15)12-22-17(27)13-29-20-24-23-18-19(28)25(10-11-26(18)20)16-4-2-1-3-5-16/h1-11,18,23H,12-13H2,(H,22,27). The Bertz CT molecular complexity index is 965. The molecule has 2 aromatic rings. The van der Waals surface area contributed by atoms with E-state index < -0.39 is 6.17 Å². The Kier molecular flexibility index (Phi) is 5.48. The van der Waals surface area contributed by atoms with Gasteiger partial charge in [-0.2, -0.15) is 5.10 Å². The molecule has 0 spiro atoms. The van der Waals surface area contributed by atoms with Crippen LogP contribution in [0, 0.1) is 5.82 Å². The van der Waals surface area contributed by atoms with Gasteiger partial charge < -0.3 is 5.32 Å². The number of para-hydroxylation sites is 1. The summed E-state index contributed by atoms with van der Waals surface area (Å²) in [5.41, 5.74) is 4.42. The molecule has 4 rings (SSSR count). The summed E-state index contributed by atoms with van der Waals surface area (Å²) in [5, 5.41) is 7.52. The van der Waals surface area contributed by atoms with Gasteiger partial charge in [0.1, 0.15) is 5.82 Å². The maximum atomic E-state index is 12.9. The van der Waals surface area contributed by atoms with Crippen molar-refractivity contribution < 1.29 is 14.0 Å². The summed E-state index contributed by atoms with van der Waals surface area (Å²) >= 11 is 1.23. The van der Waals surface area contributed by atoms with Crippen LogP contribution in [0.2, 0.25) is 0 Å². The number of halogens is 1. The summed E-state index contributed by atoms with van der Waals surface area (Å²) in [6.07, 6.45) is 2.82. The third kappa shape index (κ3) is 4.24. The number of carbonyl (C=O) groups excluding carboxylic acids is 2. The van der Waals surface area contributed by atoms with Gasteiger partial charge in [-0.25, -0.2) is 4.39 Å². The van der Waals surface area contributed by atoms with E-state index in [9.17, 15) is 14.0 Å². The fourth-order valence-electron chi connectivity index (χ4n) is 2.91. The van der Waals surface area contributed by atoms with Crippen molar-refractivity contribution in [2.45, 2.75) is 12.7 Å². The van der Waals surface area contributed by atoms with Crippen LogP contribution in [-0.4, -0.2) is 33.8 Å². The first-order valence-electron chi connectivity index (χ1n) is 8.94. The van der Waals surface area contributed by atoms with Crippen LogP contribution in [0.25, 0.3) is 0 Å². The lowest BCUT2D eigenvalue weighted by Gasteiger charge is -2.31. The number of anilines is 1. The minimum atomic E-state index is -0.634. The molecule has 0 radical (unpaired) electrons. The molecule has 0 aliphatic carbocycles. The maximum Gasteiger partial charge on any atom is 0.276 e. The lowest BCUT2D eigenvalue weighted by atomic mass is 10.2. The highest BCUT2D eigenvalue weighted by molar-refractivity contribution is 8.14. The van der Waals surface area contributed by atoms with Crippen molar-refractivity contribution >= 4 is 34.4 Å². The summed E-state index contributed by atoms with van der Waals surface area (Å²) in [4.78, 5) is 28.1. The van der Waals surface area contributed by atoms with Gasteiger partial charge in [-0.1, -0.05) is 42.1 Å². The topological polar surface area (TPSA) is 77.0 Å². The molecule has 2 aliphatic heterocycles. The molecule has 2 N–H and O–H groups in total. The molecule has 29 heavy (non-hydrogen) atoms. The van der Waals surface area contributed by atoms with E-state index in [0.717, 1.165) is 11.3 Å². The molecule has 0 bridgehead atoms. The quantitative estimate of drug-likeness (QED) is 0.789. The number of thioether (sulfide) groups is 1. The molecule has 7 nitrogen and oxygen atoms in total. The first-order valence-corrected chi connectivity index (χ1v) is 9.92.